The number of carboxylic acid groups (broad SMARTS) is 1. The molecule has 0 aliphatic heterocycles. The van der Waals surface area contributed by atoms with E-state index in [-0.39, 0.29) is 11.7 Å². The maximum absolute atomic E-state index is 13.4. The van der Waals surface area contributed by atoms with Crippen LogP contribution in [-0.2, 0) is 0 Å². The molecule has 1 rings (SSSR count). The molecule has 0 heterocycles. The zero-order chi connectivity index (χ0) is 12.3. The van der Waals surface area contributed by atoms with Crippen LogP contribution in [0.4, 0.5) is 14.5 Å². The molecule has 0 amide bonds. The second-order valence-corrected chi connectivity index (χ2v) is 3.55. The van der Waals surface area contributed by atoms with E-state index >= 15 is 0 Å². The van der Waals surface area contributed by atoms with Crippen LogP contribution >= 0.6 is 0 Å². The fraction of sp³-hybridized carbons (Fsp3) is 0.364. The van der Waals surface area contributed by atoms with Gasteiger partial charge in [0.1, 0.15) is 0 Å². The number of carboxylic acids is 1. The molecule has 0 radical (unpaired) electrons. The van der Waals surface area contributed by atoms with Crippen LogP contribution in [0, 0.1) is 11.6 Å². The van der Waals surface area contributed by atoms with Crippen molar-refractivity contribution < 1.29 is 18.7 Å². The van der Waals surface area contributed by atoms with Gasteiger partial charge in [-0.2, -0.15) is 0 Å². The molecule has 1 aromatic carbocycles. The van der Waals surface area contributed by atoms with Crippen LogP contribution in [0.5, 0.6) is 0 Å². The average molecular weight is 229 g/mol. The van der Waals surface area contributed by atoms with Crippen molar-refractivity contribution in [2.24, 2.45) is 0 Å². The van der Waals surface area contributed by atoms with Crippen molar-refractivity contribution in [2.45, 2.75) is 26.3 Å². The third kappa shape index (κ3) is 2.48. The maximum atomic E-state index is 13.4. The van der Waals surface area contributed by atoms with Crippen LogP contribution in [0.1, 0.15) is 30.6 Å². The Hall–Kier alpha value is -1.65. The molecule has 1 aromatic rings. The quantitative estimate of drug-likeness (QED) is 0.834. The highest BCUT2D eigenvalue weighted by Gasteiger charge is 2.18. The van der Waals surface area contributed by atoms with Crippen LogP contribution in [0.15, 0.2) is 12.1 Å². The van der Waals surface area contributed by atoms with E-state index in [1.165, 1.54) is 6.07 Å². The number of benzene rings is 1. The predicted molar refractivity (Wildman–Crippen MR) is 56.7 cm³/mol. The largest absolute Gasteiger partial charge is 0.478 e. The highest BCUT2D eigenvalue weighted by Crippen LogP contribution is 2.21. The Kier molecular flexibility index (Phi) is 3.82. The van der Waals surface area contributed by atoms with Crippen molar-refractivity contribution in [3.63, 3.8) is 0 Å². The number of hydrogen-bond acceptors (Lipinski definition) is 2. The molecule has 0 fully saturated rings. The molecule has 3 nitrogen and oxygen atoms in total. The fourth-order valence-corrected chi connectivity index (χ4v) is 1.19. The second kappa shape index (κ2) is 4.92. The summed E-state index contributed by atoms with van der Waals surface area (Å²) < 4.78 is 26.7. The van der Waals surface area contributed by atoms with E-state index in [9.17, 15) is 13.6 Å². The van der Waals surface area contributed by atoms with E-state index in [4.69, 9.17) is 5.11 Å². The molecular weight excluding hydrogens is 216 g/mol. The highest BCUT2D eigenvalue weighted by atomic mass is 19.2. The van der Waals surface area contributed by atoms with Gasteiger partial charge in [0.15, 0.2) is 11.6 Å². The van der Waals surface area contributed by atoms with Gasteiger partial charge < -0.3 is 10.4 Å². The molecule has 1 atom stereocenters. The minimum atomic E-state index is -1.48. The molecule has 88 valence electrons. The van der Waals surface area contributed by atoms with Crippen molar-refractivity contribution >= 4 is 11.7 Å². The van der Waals surface area contributed by atoms with Gasteiger partial charge in [0.2, 0.25) is 0 Å². The van der Waals surface area contributed by atoms with Gasteiger partial charge in [0.05, 0.1) is 11.3 Å². The van der Waals surface area contributed by atoms with Gasteiger partial charge in [-0.05, 0) is 25.5 Å². The lowest BCUT2D eigenvalue weighted by atomic mass is 10.1. The number of anilines is 1. The topological polar surface area (TPSA) is 49.3 Å². The minimum absolute atomic E-state index is 0.00965. The number of rotatable bonds is 4. The number of carbonyl (C=O) groups is 1. The minimum Gasteiger partial charge on any atom is -0.478 e. The van der Waals surface area contributed by atoms with Gasteiger partial charge in [-0.1, -0.05) is 6.92 Å². The molecule has 16 heavy (non-hydrogen) atoms. The number of nitrogens with one attached hydrogen (secondary N) is 1. The van der Waals surface area contributed by atoms with Crippen molar-refractivity contribution in [1.82, 2.24) is 0 Å². The lowest BCUT2D eigenvalue weighted by Crippen LogP contribution is -2.16. The summed E-state index contributed by atoms with van der Waals surface area (Å²) in [6.07, 6.45) is 0.752. The SMILES string of the molecule is CCC(C)Nc1ccc(C(=O)O)c(F)c1F. The average Bonchev–Trinajstić information content (AvgIpc) is 2.24. The zero-order valence-electron chi connectivity index (χ0n) is 9.05. The Morgan fingerprint density at radius 2 is 2.06 bits per heavy atom. The van der Waals surface area contributed by atoms with Gasteiger partial charge in [-0.3, -0.25) is 0 Å². The van der Waals surface area contributed by atoms with Crippen LogP contribution in [0.2, 0.25) is 0 Å². The van der Waals surface area contributed by atoms with E-state index < -0.39 is 23.2 Å². The Balaban J connectivity index is 3.07. The normalized spacial score (nSPS) is 12.2. The summed E-state index contributed by atoms with van der Waals surface area (Å²) >= 11 is 0. The second-order valence-electron chi connectivity index (χ2n) is 3.55. The molecule has 1 unspecified atom stereocenters. The maximum Gasteiger partial charge on any atom is 0.338 e. The van der Waals surface area contributed by atoms with Crippen molar-refractivity contribution in [1.29, 1.82) is 0 Å². The lowest BCUT2D eigenvalue weighted by molar-refractivity contribution is 0.0690. The Morgan fingerprint density at radius 3 is 2.56 bits per heavy atom. The summed E-state index contributed by atoms with van der Waals surface area (Å²) in [6.45, 7) is 3.72. The number of halogens is 2. The van der Waals surface area contributed by atoms with Gasteiger partial charge in [-0.25, -0.2) is 13.6 Å². The molecule has 0 aromatic heterocycles. The summed E-state index contributed by atoms with van der Waals surface area (Å²) in [4.78, 5) is 10.5. The van der Waals surface area contributed by atoms with Crippen LogP contribution in [0.3, 0.4) is 0 Å². The number of aromatic carboxylic acids is 1. The standard InChI is InChI=1S/C11H13F2NO2/c1-3-6(2)14-8-5-4-7(11(15)16)9(12)10(8)13/h4-6,14H,3H2,1-2H3,(H,15,16). The third-order valence-electron chi connectivity index (χ3n) is 2.33. The molecule has 0 bridgehead atoms. The highest BCUT2D eigenvalue weighted by molar-refractivity contribution is 5.88. The van der Waals surface area contributed by atoms with Gasteiger partial charge in [0.25, 0.3) is 0 Å². The van der Waals surface area contributed by atoms with Crippen molar-refractivity contribution in [2.75, 3.05) is 5.32 Å². The molecule has 0 spiro atoms. The summed E-state index contributed by atoms with van der Waals surface area (Å²) in [7, 11) is 0. The lowest BCUT2D eigenvalue weighted by Gasteiger charge is -2.14. The van der Waals surface area contributed by atoms with E-state index in [0.29, 0.717) is 0 Å². The molecule has 0 aliphatic rings. The summed E-state index contributed by atoms with van der Waals surface area (Å²) in [5, 5.41) is 11.3. The first-order valence-electron chi connectivity index (χ1n) is 4.95. The predicted octanol–water partition coefficient (Wildman–Crippen LogP) is 2.87. The fourth-order valence-electron chi connectivity index (χ4n) is 1.19. The smallest absolute Gasteiger partial charge is 0.338 e. The zero-order valence-corrected chi connectivity index (χ0v) is 9.05. The van der Waals surface area contributed by atoms with Gasteiger partial charge >= 0.3 is 5.97 Å². The third-order valence-corrected chi connectivity index (χ3v) is 2.33. The van der Waals surface area contributed by atoms with E-state index in [0.717, 1.165) is 12.5 Å². The van der Waals surface area contributed by atoms with Gasteiger partial charge in [0, 0.05) is 6.04 Å². The first kappa shape index (κ1) is 12.4. The van der Waals surface area contributed by atoms with Crippen LogP contribution in [-0.4, -0.2) is 17.1 Å². The molecule has 2 N–H and O–H groups in total. The molecule has 0 saturated carbocycles. The Labute approximate surface area is 92.1 Å². The first-order valence-corrected chi connectivity index (χ1v) is 4.95. The van der Waals surface area contributed by atoms with E-state index in [2.05, 4.69) is 5.32 Å². The summed E-state index contributed by atoms with van der Waals surface area (Å²) in [5.41, 5.74) is -0.677. The number of hydrogen-bond donors (Lipinski definition) is 2. The molecule has 0 aliphatic carbocycles. The summed E-state index contributed by atoms with van der Waals surface area (Å²) in [6, 6.07) is 2.27. The van der Waals surface area contributed by atoms with Gasteiger partial charge in [-0.15, -0.1) is 0 Å². The first-order chi connectivity index (χ1) is 7.47. The molecule has 5 heteroatoms. The monoisotopic (exact) mass is 229 g/mol. The molecule has 0 saturated heterocycles. The Morgan fingerprint density at radius 1 is 1.44 bits per heavy atom. The van der Waals surface area contributed by atoms with Crippen molar-refractivity contribution in [3.05, 3.63) is 29.3 Å². The summed E-state index contributed by atoms with van der Waals surface area (Å²) in [5.74, 6) is -3.97. The van der Waals surface area contributed by atoms with E-state index in [1.54, 1.807) is 0 Å². The van der Waals surface area contributed by atoms with E-state index in [1.807, 2.05) is 13.8 Å². The molecular formula is C11H13F2NO2. The van der Waals surface area contributed by atoms with Crippen LogP contribution in [0.25, 0.3) is 0 Å². The Bertz CT molecular complexity index is 407. The van der Waals surface area contributed by atoms with Crippen molar-refractivity contribution in [3.8, 4) is 0 Å². The van der Waals surface area contributed by atoms with Crippen LogP contribution < -0.4 is 5.32 Å².